The molecule has 0 N–H and O–H groups in total. The predicted octanol–water partition coefficient (Wildman–Crippen LogP) is 0.427. The molecule has 0 aromatic carbocycles. The van der Waals surface area contributed by atoms with Crippen LogP contribution in [0.1, 0.15) is 0 Å². The van der Waals surface area contributed by atoms with Gasteiger partial charge in [-0.1, -0.05) is 0 Å². The van der Waals surface area contributed by atoms with Gasteiger partial charge in [0.2, 0.25) is 0 Å². The molecule has 79 valence electrons. The normalized spacial score (nSPS) is 7.08. The van der Waals surface area contributed by atoms with E-state index in [0.717, 1.165) is 0 Å². The van der Waals surface area contributed by atoms with Crippen LogP contribution in [0.25, 0.3) is 0 Å². The third kappa shape index (κ3) is 18.7. The number of hydrogen-bond donors (Lipinski definition) is 0. The van der Waals surface area contributed by atoms with Crippen LogP contribution < -0.4 is 0 Å². The van der Waals surface area contributed by atoms with Crippen molar-refractivity contribution >= 4 is 35.7 Å². The third-order valence-electron chi connectivity index (χ3n) is 0.730. The van der Waals surface area contributed by atoms with Gasteiger partial charge in [0.1, 0.15) is 10.5 Å². The van der Waals surface area contributed by atoms with Gasteiger partial charge in [-0.15, -0.1) is 0 Å². The van der Waals surface area contributed by atoms with Crippen molar-refractivity contribution in [3.05, 3.63) is 0 Å². The zero-order chi connectivity index (χ0) is 10.3. The Kier molecular flexibility index (Phi) is 14.3. The molecule has 0 fully saturated rings. The van der Waals surface area contributed by atoms with Gasteiger partial charge in [0.25, 0.3) is 0 Å². The van der Waals surface area contributed by atoms with Crippen molar-refractivity contribution in [2.75, 3.05) is 28.2 Å². The zero-order valence-corrected chi connectivity index (χ0v) is 10.5. The molecule has 1 radical (unpaired) electrons. The van der Waals surface area contributed by atoms with Crippen LogP contribution in [0.2, 0.25) is 0 Å². The summed E-state index contributed by atoms with van der Waals surface area (Å²) in [4.78, 5) is 22.5. The van der Waals surface area contributed by atoms with Crippen LogP contribution in [0.15, 0.2) is 0 Å². The van der Waals surface area contributed by atoms with E-state index >= 15 is 0 Å². The van der Waals surface area contributed by atoms with Gasteiger partial charge in [0.15, 0.2) is 0 Å². The third-order valence-corrected chi connectivity index (χ3v) is 1.46. The average Bonchev–Trinajstić information content (AvgIpc) is 1.88. The van der Waals surface area contributed by atoms with Crippen molar-refractivity contribution in [3.63, 3.8) is 0 Å². The van der Waals surface area contributed by atoms with Gasteiger partial charge < -0.3 is 44.6 Å². The largest absolute Gasteiger partial charge is 2.00 e. The molecule has 2 amide bonds. The van der Waals surface area contributed by atoms with Crippen molar-refractivity contribution in [1.82, 2.24) is 9.80 Å². The number of amides is 2. The fourth-order valence-electron chi connectivity index (χ4n) is 0. The molecule has 0 aliphatic carbocycles. The Hall–Kier alpha value is -0.114. The first-order chi connectivity index (χ1) is 5.29. The second-order valence-corrected chi connectivity index (χ2v) is 3.02. The molecule has 0 bridgehead atoms. The maximum atomic E-state index is 9.88. The topological polar surface area (TPSA) is 40.6 Å². The Bertz CT molecular complexity index is 147. The van der Waals surface area contributed by atoms with Crippen molar-refractivity contribution in [2.24, 2.45) is 0 Å². The van der Waals surface area contributed by atoms with Crippen LogP contribution in [0, 0.1) is 0 Å². The summed E-state index contributed by atoms with van der Waals surface area (Å²) in [6, 6.07) is 0. The van der Waals surface area contributed by atoms with Crippen LogP contribution in [0.3, 0.4) is 0 Å². The minimum atomic E-state index is -0.324. The molecule has 0 saturated carbocycles. The zero-order valence-electron chi connectivity index (χ0n) is 7.86. The van der Waals surface area contributed by atoms with E-state index in [2.05, 4.69) is 25.3 Å². The molecule has 0 aliphatic rings. The van der Waals surface area contributed by atoms with E-state index < -0.39 is 0 Å². The summed E-state index contributed by atoms with van der Waals surface area (Å²) in [5.41, 5.74) is 0. The summed E-state index contributed by atoms with van der Waals surface area (Å²) < 4.78 is 0. The molecule has 0 aromatic heterocycles. The molecule has 0 aliphatic heterocycles. The molecule has 0 spiro atoms. The van der Waals surface area contributed by atoms with Crippen LogP contribution in [0.5, 0.6) is 0 Å². The summed E-state index contributed by atoms with van der Waals surface area (Å²) in [6.45, 7) is 0. The van der Waals surface area contributed by atoms with Crippen LogP contribution >= 0.6 is 0 Å². The van der Waals surface area contributed by atoms with Gasteiger partial charge in [0, 0.05) is 28.2 Å². The molecule has 0 unspecified atom stereocenters. The molecule has 13 heavy (non-hydrogen) atoms. The average molecular weight is 267 g/mol. The van der Waals surface area contributed by atoms with E-state index in [1.165, 1.54) is 9.80 Å². The first kappa shape index (κ1) is 18.6. The minimum Gasteiger partial charge on any atom is -0.719 e. The number of carbonyl (C=O) groups is 2. The molecule has 0 saturated heterocycles. The van der Waals surface area contributed by atoms with E-state index in [9.17, 15) is 9.59 Å². The summed E-state index contributed by atoms with van der Waals surface area (Å²) in [6.07, 6.45) is 0. The molecular formula is C6H12CoN2O2S2. The second-order valence-electron chi connectivity index (χ2n) is 2.32. The fourth-order valence-corrected chi connectivity index (χ4v) is 0. The minimum absolute atomic E-state index is 0. The molecule has 0 rings (SSSR count). The van der Waals surface area contributed by atoms with Gasteiger partial charge in [-0.2, -0.15) is 0 Å². The quantitative estimate of drug-likeness (QED) is 0.597. The Morgan fingerprint density at radius 3 is 0.923 bits per heavy atom. The van der Waals surface area contributed by atoms with E-state index in [1.807, 2.05) is 0 Å². The Morgan fingerprint density at radius 1 is 0.846 bits per heavy atom. The van der Waals surface area contributed by atoms with Gasteiger partial charge in [-0.25, -0.2) is 0 Å². The monoisotopic (exact) mass is 267 g/mol. The van der Waals surface area contributed by atoms with Gasteiger partial charge in [-0.3, -0.25) is 0 Å². The molecule has 0 atom stereocenters. The summed E-state index contributed by atoms with van der Waals surface area (Å²) in [5, 5.41) is -0.648. The van der Waals surface area contributed by atoms with E-state index in [4.69, 9.17) is 0 Å². The van der Waals surface area contributed by atoms with E-state index in [1.54, 1.807) is 28.2 Å². The maximum Gasteiger partial charge on any atom is 2.00 e. The number of rotatable bonds is 0. The first-order valence-electron chi connectivity index (χ1n) is 3.05. The molecule has 0 aromatic rings. The van der Waals surface area contributed by atoms with Crippen LogP contribution in [-0.2, 0) is 42.0 Å². The number of hydrogen-bond acceptors (Lipinski definition) is 4. The predicted molar refractivity (Wildman–Crippen MR) is 52.9 cm³/mol. The number of carbonyl (C=O) groups excluding carboxylic acids is 2. The van der Waals surface area contributed by atoms with Crippen molar-refractivity contribution in [3.8, 4) is 0 Å². The fraction of sp³-hybridized carbons (Fsp3) is 0.667. The Balaban J connectivity index is -0.000000143. The standard InChI is InChI=1S/2C3H7NOS.Co/c2*1-4(2)3(5)6;/h2*1-2H3,(H,5,6);/q;;+2/p-2. The van der Waals surface area contributed by atoms with Gasteiger partial charge >= 0.3 is 16.8 Å². The van der Waals surface area contributed by atoms with Crippen LogP contribution in [-0.4, -0.2) is 48.5 Å². The maximum absolute atomic E-state index is 9.88. The van der Waals surface area contributed by atoms with Crippen LogP contribution in [0.4, 0.5) is 9.59 Å². The number of nitrogens with zero attached hydrogens (tertiary/aromatic N) is 2. The molecular weight excluding hydrogens is 255 g/mol. The summed E-state index contributed by atoms with van der Waals surface area (Å²) in [7, 11) is 6.48. The van der Waals surface area contributed by atoms with E-state index in [0.29, 0.717) is 0 Å². The molecule has 4 nitrogen and oxygen atoms in total. The summed E-state index contributed by atoms with van der Waals surface area (Å²) >= 11 is 8.38. The molecule has 7 heteroatoms. The first-order valence-corrected chi connectivity index (χ1v) is 3.87. The van der Waals surface area contributed by atoms with Gasteiger partial charge in [-0.05, 0) is 0 Å². The summed E-state index contributed by atoms with van der Waals surface area (Å²) in [5.74, 6) is 0. The van der Waals surface area contributed by atoms with Crippen molar-refractivity contribution in [2.45, 2.75) is 0 Å². The molecule has 0 heterocycles. The Labute approximate surface area is 100 Å². The van der Waals surface area contributed by atoms with Crippen molar-refractivity contribution < 1.29 is 26.4 Å². The van der Waals surface area contributed by atoms with Crippen molar-refractivity contribution in [1.29, 1.82) is 0 Å². The second kappa shape index (κ2) is 9.97. The SMILES string of the molecule is CN(C)C(=O)[S-].CN(C)C(=O)[S-].[Co+2]. The van der Waals surface area contributed by atoms with Gasteiger partial charge in [0.05, 0.1) is 0 Å². The Morgan fingerprint density at radius 2 is 0.923 bits per heavy atom. The smallest absolute Gasteiger partial charge is 0.719 e. The van der Waals surface area contributed by atoms with E-state index in [-0.39, 0.29) is 27.3 Å².